The van der Waals surface area contributed by atoms with Gasteiger partial charge in [0.05, 0.1) is 12.6 Å². The molecule has 2 atom stereocenters. The van der Waals surface area contributed by atoms with Gasteiger partial charge < -0.3 is 10.6 Å². The number of nitrogens with one attached hydrogen (secondary N) is 2. The van der Waals surface area contributed by atoms with E-state index in [1.165, 1.54) is 9.75 Å². The summed E-state index contributed by atoms with van der Waals surface area (Å²) in [4.78, 5) is 14.5. The minimum Gasteiger partial charge on any atom is -0.350 e. The van der Waals surface area contributed by atoms with Crippen LogP contribution >= 0.6 is 11.3 Å². The van der Waals surface area contributed by atoms with E-state index in [9.17, 15) is 4.79 Å². The average Bonchev–Trinajstić information content (AvgIpc) is 2.94. The highest BCUT2D eigenvalue weighted by molar-refractivity contribution is 7.11. The molecular weight excluding hydrogens is 232 g/mol. The van der Waals surface area contributed by atoms with Gasteiger partial charge in [-0.2, -0.15) is 0 Å². The second kappa shape index (κ2) is 5.65. The zero-order valence-electron chi connectivity index (χ0n) is 10.5. The molecule has 1 amide bonds. The number of aryl methyl sites for hydroxylation is 1. The van der Waals surface area contributed by atoms with Crippen LogP contribution in [0.5, 0.6) is 0 Å². The largest absolute Gasteiger partial charge is 0.350 e. The first kappa shape index (κ1) is 12.6. The fraction of sp³-hybridized carbons (Fsp3) is 0.615. The van der Waals surface area contributed by atoms with Gasteiger partial charge in [-0.3, -0.25) is 4.79 Å². The van der Waals surface area contributed by atoms with Crippen molar-refractivity contribution in [1.82, 2.24) is 10.6 Å². The Hall–Kier alpha value is -0.870. The van der Waals surface area contributed by atoms with E-state index in [1.54, 1.807) is 11.3 Å². The Morgan fingerprint density at radius 3 is 2.88 bits per heavy atom. The predicted octanol–water partition coefficient (Wildman–Crippen LogP) is 1.92. The van der Waals surface area contributed by atoms with E-state index in [1.807, 2.05) is 0 Å². The number of rotatable bonds is 4. The second-order valence-electron chi connectivity index (χ2n) is 4.64. The number of carbonyl (C=O) groups is 1. The molecule has 2 rings (SSSR count). The van der Waals surface area contributed by atoms with Crippen LogP contribution in [0, 0.1) is 5.92 Å². The second-order valence-corrected chi connectivity index (χ2v) is 5.89. The van der Waals surface area contributed by atoms with Crippen LogP contribution in [0.15, 0.2) is 12.1 Å². The van der Waals surface area contributed by atoms with E-state index in [4.69, 9.17) is 0 Å². The zero-order valence-corrected chi connectivity index (χ0v) is 11.3. The maximum absolute atomic E-state index is 11.9. The minimum absolute atomic E-state index is 0.000563. The summed E-state index contributed by atoms with van der Waals surface area (Å²) in [6.45, 7) is 5.90. The lowest BCUT2D eigenvalue weighted by Crippen LogP contribution is -2.42. The van der Waals surface area contributed by atoms with Crippen molar-refractivity contribution in [3.05, 3.63) is 21.9 Å². The van der Waals surface area contributed by atoms with Crippen molar-refractivity contribution in [2.24, 2.45) is 5.92 Å². The van der Waals surface area contributed by atoms with Crippen LogP contribution in [0.25, 0.3) is 0 Å². The average molecular weight is 252 g/mol. The molecular formula is C13H20N2OS. The summed E-state index contributed by atoms with van der Waals surface area (Å²) in [5.41, 5.74) is 0. The van der Waals surface area contributed by atoms with E-state index in [-0.39, 0.29) is 11.9 Å². The molecule has 0 aliphatic carbocycles. The van der Waals surface area contributed by atoms with Crippen LogP contribution in [0.2, 0.25) is 0 Å². The fourth-order valence-corrected chi connectivity index (χ4v) is 3.07. The minimum atomic E-state index is 0.000563. The molecule has 0 bridgehead atoms. The van der Waals surface area contributed by atoms with Gasteiger partial charge in [-0.05, 0) is 37.4 Å². The van der Waals surface area contributed by atoms with E-state index in [0.717, 1.165) is 19.4 Å². The third kappa shape index (κ3) is 3.07. The molecule has 1 aliphatic heterocycles. The van der Waals surface area contributed by atoms with Crippen molar-refractivity contribution >= 4 is 17.2 Å². The number of carbonyl (C=O) groups excluding carboxylic acids is 1. The number of hydrogen-bond donors (Lipinski definition) is 2. The van der Waals surface area contributed by atoms with E-state index in [0.29, 0.717) is 12.5 Å². The molecule has 1 saturated heterocycles. The van der Waals surface area contributed by atoms with E-state index >= 15 is 0 Å². The Kier molecular flexibility index (Phi) is 4.18. The maximum Gasteiger partial charge on any atom is 0.237 e. The van der Waals surface area contributed by atoms with Crippen molar-refractivity contribution in [3.63, 3.8) is 0 Å². The van der Waals surface area contributed by atoms with Crippen LogP contribution < -0.4 is 10.6 Å². The fourth-order valence-electron chi connectivity index (χ4n) is 2.18. The third-order valence-corrected chi connectivity index (χ3v) is 4.55. The van der Waals surface area contributed by atoms with Gasteiger partial charge in [-0.25, -0.2) is 0 Å². The monoisotopic (exact) mass is 252 g/mol. The molecule has 94 valence electrons. The summed E-state index contributed by atoms with van der Waals surface area (Å²) >= 11 is 1.78. The molecule has 1 aliphatic rings. The molecule has 0 radical (unpaired) electrons. The molecule has 0 saturated carbocycles. The summed E-state index contributed by atoms with van der Waals surface area (Å²) < 4.78 is 0. The molecule has 2 unspecified atom stereocenters. The maximum atomic E-state index is 11.9. The smallest absolute Gasteiger partial charge is 0.237 e. The first-order valence-electron chi connectivity index (χ1n) is 6.29. The topological polar surface area (TPSA) is 41.1 Å². The van der Waals surface area contributed by atoms with Crippen molar-refractivity contribution in [2.45, 2.75) is 39.3 Å². The molecule has 4 heteroatoms. The lowest BCUT2D eigenvalue weighted by Gasteiger charge is -2.14. The van der Waals surface area contributed by atoms with Gasteiger partial charge in [0.1, 0.15) is 0 Å². The first-order valence-corrected chi connectivity index (χ1v) is 7.11. The molecule has 2 N–H and O–H groups in total. The highest BCUT2D eigenvalue weighted by Crippen LogP contribution is 2.17. The molecule has 0 spiro atoms. The summed E-state index contributed by atoms with van der Waals surface area (Å²) in [6, 6.07) is 4.25. The normalized spacial score (nSPS) is 23.9. The zero-order chi connectivity index (χ0) is 12.3. The molecule has 3 nitrogen and oxygen atoms in total. The van der Waals surface area contributed by atoms with Gasteiger partial charge in [0, 0.05) is 9.75 Å². The highest BCUT2D eigenvalue weighted by atomic mass is 32.1. The van der Waals surface area contributed by atoms with E-state index < -0.39 is 0 Å². The van der Waals surface area contributed by atoms with Crippen molar-refractivity contribution in [2.75, 3.05) is 6.54 Å². The van der Waals surface area contributed by atoms with Crippen LogP contribution in [0.3, 0.4) is 0 Å². The van der Waals surface area contributed by atoms with Gasteiger partial charge in [0.15, 0.2) is 0 Å². The summed E-state index contributed by atoms with van der Waals surface area (Å²) in [6.07, 6.45) is 2.16. The summed E-state index contributed by atoms with van der Waals surface area (Å²) in [7, 11) is 0. The standard InChI is InChI=1S/C13H20N2OS/c1-3-10-4-5-11(17-10)8-15-13(16)12-9(2)6-7-14-12/h4-5,9,12,14H,3,6-8H2,1-2H3,(H,15,16). The van der Waals surface area contributed by atoms with Gasteiger partial charge in [0.25, 0.3) is 0 Å². The van der Waals surface area contributed by atoms with Gasteiger partial charge in [0.2, 0.25) is 5.91 Å². The molecule has 2 heterocycles. The van der Waals surface area contributed by atoms with Crippen LogP contribution in [0.1, 0.15) is 30.0 Å². The number of amides is 1. The predicted molar refractivity (Wildman–Crippen MR) is 71.1 cm³/mol. The van der Waals surface area contributed by atoms with Crippen LogP contribution in [-0.4, -0.2) is 18.5 Å². The van der Waals surface area contributed by atoms with Crippen molar-refractivity contribution < 1.29 is 4.79 Å². The molecule has 1 fully saturated rings. The summed E-state index contributed by atoms with van der Waals surface area (Å²) in [5, 5.41) is 6.27. The molecule has 1 aromatic heterocycles. The van der Waals surface area contributed by atoms with Gasteiger partial charge >= 0.3 is 0 Å². The van der Waals surface area contributed by atoms with E-state index in [2.05, 4.69) is 36.6 Å². The molecule has 0 aromatic carbocycles. The summed E-state index contributed by atoms with van der Waals surface area (Å²) in [5.74, 6) is 0.589. The SMILES string of the molecule is CCc1ccc(CNC(=O)C2NCCC2C)s1. The highest BCUT2D eigenvalue weighted by Gasteiger charge is 2.28. The Morgan fingerprint density at radius 1 is 1.53 bits per heavy atom. The van der Waals surface area contributed by atoms with Crippen LogP contribution in [0.4, 0.5) is 0 Å². The molecule has 17 heavy (non-hydrogen) atoms. The lowest BCUT2D eigenvalue weighted by atomic mass is 10.0. The van der Waals surface area contributed by atoms with Gasteiger partial charge in [-0.1, -0.05) is 13.8 Å². The third-order valence-electron chi connectivity index (χ3n) is 3.32. The molecule has 1 aromatic rings. The van der Waals surface area contributed by atoms with Crippen LogP contribution in [-0.2, 0) is 17.8 Å². The van der Waals surface area contributed by atoms with Gasteiger partial charge in [-0.15, -0.1) is 11.3 Å². The lowest BCUT2D eigenvalue weighted by molar-refractivity contribution is -0.123. The Morgan fingerprint density at radius 2 is 2.29 bits per heavy atom. The Labute approximate surface area is 107 Å². The quantitative estimate of drug-likeness (QED) is 0.859. The number of hydrogen-bond acceptors (Lipinski definition) is 3. The van der Waals surface area contributed by atoms with Crippen molar-refractivity contribution in [1.29, 1.82) is 0 Å². The Bertz CT molecular complexity index is 389. The van der Waals surface area contributed by atoms with Crippen molar-refractivity contribution in [3.8, 4) is 0 Å². The first-order chi connectivity index (χ1) is 8.20. The number of thiophene rings is 1. The Balaban J connectivity index is 1.83.